The Morgan fingerprint density at radius 2 is 1.77 bits per heavy atom. The second-order valence-electron chi connectivity index (χ2n) is 6.04. The van der Waals surface area contributed by atoms with Crippen LogP contribution in [0.4, 0.5) is 21.9 Å². The fourth-order valence-electron chi connectivity index (χ4n) is 2.66. The molecule has 134 valence electrons. The van der Waals surface area contributed by atoms with E-state index in [1.165, 1.54) is 0 Å². The van der Waals surface area contributed by atoms with Crippen LogP contribution in [0.5, 0.6) is 0 Å². The first-order chi connectivity index (χ1) is 12.5. The van der Waals surface area contributed by atoms with Gasteiger partial charge >= 0.3 is 6.03 Å². The number of nitrogens with one attached hydrogen (secondary N) is 1. The van der Waals surface area contributed by atoms with Crippen molar-refractivity contribution in [2.45, 2.75) is 13.5 Å². The first-order valence-electron chi connectivity index (χ1n) is 8.36. The number of aromatic nitrogens is 1. The third kappa shape index (κ3) is 4.21. The Morgan fingerprint density at radius 1 is 1.08 bits per heavy atom. The highest BCUT2D eigenvalue weighted by Gasteiger charge is 2.15. The van der Waals surface area contributed by atoms with Crippen LogP contribution in [0.1, 0.15) is 9.88 Å². The van der Waals surface area contributed by atoms with Gasteiger partial charge in [-0.25, -0.2) is 9.78 Å². The van der Waals surface area contributed by atoms with Gasteiger partial charge in [-0.2, -0.15) is 0 Å². The fraction of sp³-hybridized carbons (Fsp3) is 0.200. The number of aryl methyl sites for hydroxylation is 1. The summed E-state index contributed by atoms with van der Waals surface area (Å²) in [6, 6.07) is 17.7. The van der Waals surface area contributed by atoms with Crippen molar-refractivity contribution in [3.8, 4) is 0 Å². The van der Waals surface area contributed by atoms with Gasteiger partial charge in [0.15, 0.2) is 0 Å². The first kappa shape index (κ1) is 17.9. The third-order valence-electron chi connectivity index (χ3n) is 4.06. The Labute approximate surface area is 157 Å². The number of hydrogen-bond acceptors (Lipinski definition) is 4. The second-order valence-corrected chi connectivity index (χ2v) is 7.36. The Bertz CT molecular complexity index is 878. The molecule has 3 aromatic rings. The fourth-order valence-corrected chi connectivity index (χ4v) is 3.51. The zero-order valence-electron chi connectivity index (χ0n) is 15.1. The van der Waals surface area contributed by atoms with E-state index in [1.54, 1.807) is 23.3 Å². The van der Waals surface area contributed by atoms with Gasteiger partial charge in [0.25, 0.3) is 0 Å². The molecule has 26 heavy (non-hydrogen) atoms. The highest BCUT2D eigenvalue weighted by atomic mass is 32.1. The molecule has 0 aliphatic rings. The lowest BCUT2D eigenvalue weighted by atomic mass is 10.2. The highest BCUT2D eigenvalue weighted by molar-refractivity contribution is 7.11. The lowest BCUT2D eigenvalue weighted by Crippen LogP contribution is -2.31. The molecule has 3 rings (SSSR count). The Kier molecular flexibility index (Phi) is 5.53. The van der Waals surface area contributed by atoms with E-state index >= 15 is 0 Å². The number of para-hydroxylation sites is 3. The minimum atomic E-state index is -0.148. The topological polar surface area (TPSA) is 48.5 Å². The number of hydrogen-bond donors (Lipinski definition) is 1. The molecule has 0 saturated heterocycles. The van der Waals surface area contributed by atoms with Gasteiger partial charge in [-0.15, -0.1) is 11.3 Å². The van der Waals surface area contributed by atoms with Gasteiger partial charge in [-0.1, -0.05) is 30.3 Å². The molecule has 0 fully saturated rings. The SMILES string of the molecule is Cc1ncc(CN(C)C(=O)Nc2ccccc2N(C)c2ccccc2)s1. The van der Waals surface area contributed by atoms with E-state index < -0.39 is 0 Å². The number of amides is 2. The second kappa shape index (κ2) is 8.01. The van der Waals surface area contributed by atoms with Crippen LogP contribution < -0.4 is 10.2 Å². The molecule has 0 bridgehead atoms. The van der Waals surface area contributed by atoms with Crippen LogP contribution in [0.25, 0.3) is 0 Å². The number of nitrogens with zero attached hydrogens (tertiary/aromatic N) is 3. The molecule has 0 aliphatic carbocycles. The van der Waals surface area contributed by atoms with Crippen LogP contribution >= 0.6 is 11.3 Å². The molecular weight excluding hydrogens is 344 g/mol. The molecule has 2 aromatic carbocycles. The van der Waals surface area contributed by atoms with Crippen molar-refractivity contribution in [1.29, 1.82) is 0 Å². The monoisotopic (exact) mass is 366 g/mol. The summed E-state index contributed by atoms with van der Waals surface area (Å²) in [5.74, 6) is 0. The lowest BCUT2D eigenvalue weighted by Gasteiger charge is -2.24. The molecule has 1 aromatic heterocycles. The smallest absolute Gasteiger partial charge is 0.321 e. The quantitative estimate of drug-likeness (QED) is 0.700. The van der Waals surface area contributed by atoms with Crippen molar-refractivity contribution in [1.82, 2.24) is 9.88 Å². The maximum Gasteiger partial charge on any atom is 0.321 e. The molecule has 5 nitrogen and oxygen atoms in total. The Morgan fingerprint density at radius 3 is 2.46 bits per heavy atom. The number of anilines is 3. The molecule has 6 heteroatoms. The van der Waals surface area contributed by atoms with E-state index in [0.29, 0.717) is 6.54 Å². The minimum Gasteiger partial charge on any atom is -0.343 e. The summed E-state index contributed by atoms with van der Waals surface area (Å²) in [5.41, 5.74) is 2.77. The van der Waals surface area contributed by atoms with Gasteiger partial charge < -0.3 is 15.1 Å². The van der Waals surface area contributed by atoms with Gasteiger partial charge in [0.2, 0.25) is 0 Å². The number of carbonyl (C=O) groups excluding carboxylic acids is 1. The van der Waals surface area contributed by atoms with Crippen LogP contribution in [-0.2, 0) is 6.54 Å². The Hall–Kier alpha value is -2.86. The molecular formula is C20H22N4OS. The van der Waals surface area contributed by atoms with E-state index in [9.17, 15) is 4.79 Å². The summed E-state index contributed by atoms with van der Waals surface area (Å²) in [6.45, 7) is 2.50. The summed E-state index contributed by atoms with van der Waals surface area (Å²) in [5, 5.41) is 4.02. The normalized spacial score (nSPS) is 10.4. The molecule has 1 N–H and O–H groups in total. The largest absolute Gasteiger partial charge is 0.343 e. The number of benzene rings is 2. The number of urea groups is 1. The molecule has 1 heterocycles. The maximum atomic E-state index is 12.6. The summed E-state index contributed by atoms with van der Waals surface area (Å²) in [4.78, 5) is 21.6. The average Bonchev–Trinajstić information content (AvgIpc) is 3.07. The zero-order chi connectivity index (χ0) is 18.5. The minimum absolute atomic E-state index is 0.148. The van der Waals surface area contributed by atoms with Gasteiger partial charge in [-0.05, 0) is 31.2 Å². The summed E-state index contributed by atoms with van der Waals surface area (Å²) in [6.07, 6.45) is 1.82. The molecule has 0 spiro atoms. The standard InChI is InChI=1S/C20H22N4OS/c1-15-21-13-17(26-15)14-23(2)20(25)22-18-11-7-8-12-19(18)24(3)16-9-5-4-6-10-16/h4-13H,14H2,1-3H3,(H,22,25). The lowest BCUT2D eigenvalue weighted by molar-refractivity contribution is 0.221. The first-order valence-corrected chi connectivity index (χ1v) is 9.17. The molecule has 0 unspecified atom stereocenters. The summed E-state index contributed by atoms with van der Waals surface area (Å²) in [7, 11) is 3.78. The highest BCUT2D eigenvalue weighted by Crippen LogP contribution is 2.30. The molecule has 0 saturated carbocycles. The van der Waals surface area contributed by atoms with Crippen molar-refractivity contribution >= 4 is 34.4 Å². The molecule has 0 atom stereocenters. The predicted octanol–water partition coefficient (Wildman–Crippen LogP) is 4.88. The van der Waals surface area contributed by atoms with E-state index in [2.05, 4.69) is 15.2 Å². The molecule has 0 aliphatic heterocycles. The van der Waals surface area contributed by atoms with E-state index in [-0.39, 0.29) is 6.03 Å². The predicted molar refractivity (Wildman–Crippen MR) is 108 cm³/mol. The van der Waals surface area contributed by atoms with Crippen molar-refractivity contribution in [2.75, 3.05) is 24.3 Å². The maximum absolute atomic E-state index is 12.6. The average molecular weight is 366 g/mol. The summed E-state index contributed by atoms with van der Waals surface area (Å²) >= 11 is 1.60. The molecule has 2 amide bonds. The van der Waals surface area contributed by atoms with Crippen LogP contribution in [0.2, 0.25) is 0 Å². The summed E-state index contributed by atoms with van der Waals surface area (Å²) < 4.78 is 0. The van der Waals surface area contributed by atoms with E-state index in [1.807, 2.05) is 74.8 Å². The third-order valence-corrected chi connectivity index (χ3v) is 4.96. The number of rotatable bonds is 5. The number of thiazole rings is 1. The number of carbonyl (C=O) groups is 1. The van der Waals surface area contributed by atoms with E-state index in [4.69, 9.17) is 0 Å². The van der Waals surface area contributed by atoms with Gasteiger partial charge in [0.1, 0.15) is 0 Å². The zero-order valence-corrected chi connectivity index (χ0v) is 16.0. The van der Waals surface area contributed by atoms with E-state index in [0.717, 1.165) is 26.9 Å². The van der Waals surface area contributed by atoms with Crippen molar-refractivity contribution in [3.63, 3.8) is 0 Å². The van der Waals surface area contributed by atoms with Crippen molar-refractivity contribution in [2.24, 2.45) is 0 Å². The van der Waals surface area contributed by atoms with Gasteiger partial charge in [0, 0.05) is 30.9 Å². The van der Waals surface area contributed by atoms with Crippen LogP contribution in [0.15, 0.2) is 60.8 Å². The molecule has 0 radical (unpaired) electrons. The Balaban J connectivity index is 1.74. The van der Waals surface area contributed by atoms with Crippen LogP contribution in [0.3, 0.4) is 0 Å². The van der Waals surface area contributed by atoms with Crippen LogP contribution in [0, 0.1) is 6.92 Å². The van der Waals surface area contributed by atoms with Gasteiger partial charge in [0.05, 0.1) is 22.9 Å². The van der Waals surface area contributed by atoms with Crippen molar-refractivity contribution < 1.29 is 4.79 Å². The van der Waals surface area contributed by atoms with Crippen LogP contribution in [-0.4, -0.2) is 30.0 Å². The van der Waals surface area contributed by atoms with Crippen molar-refractivity contribution in [3.05, 3.63) is 70.7 Å². The van der Waals surface area contributed by atoms with Gasteiger partial charge in [-0.3, -0.25) is 0 Å².